The largest absolute Gasteiger partial charge is 0.354 e. The standard InChI is InChI=1S/C25H23ClFN5O/c26-20-8-3-6-17(13-20)22-14-23-24(28-10-12-32(23)30-22)31-11-4-7-19(16-31)25(33)29-15-18-5-1-2-9-21(18)27/h1-3,5-6,8-10,12-14,19H,4,7,11,15-16H2,(H,29,33)/t19-/m1/s1. The van der Waals surface area contributed by atoms with Crippen molar-refractivity contribution in [3.05, 3.63) is 83.4 Å². The molecule has 0 unspecified atom stereocenters. The summed E-state index contributed by atoms with van der Waals surface area (Å²) in [5.41, 5.74) is 3.10. The smallest absolute Gasteiger partial charge is 0.225 e. The van der Waals surface area contributed by atoms with Gasteiger partial charge in [-0.25, -0.2) is 13.9 Å². The highest BCUT2D eigenvalue weighted by Gasteiger charge is 2.28. The highest BCUT2D eigenvalue weighted by atomic mass is 35.5. The van der Waals surface area contributed by atoms with Gasteiger partial charge in [-0.05, 0) is 37.1 Å². The Balaban J connectivity index is 1.34. The predicted molar refractivity (Wildman–Crippen MR) is 127 cm³/mol. The normalized spacial score (nSPS) is 16.2. The van der Waals surface area contributed by atoms with Gasteiger partial charge < -0.3 is 10.2 Å². The minimum absolute atomic E-state index is 0.0666. The Kier molecular flexibility index (Phi) is 5.96. The first-order valence-electron chi connectivity index (χ1n) is 10.9. The molecule has 1 aliphatic heterocycles. The second-order valence-corrected chi connectivity index (χ2v) is 8.65. The van der Waals surface area contributed by atoms with Crippen molar-refractivity contribution in [1.82, 2.24) is 19.9 Å². The molecule has 1 amide bonds. The Hall–Kier alpha value is -3.45. The summed E-state index contributed by atoms with van der Waals surface area (Å²) in [6.45, 7) is 1.54. The van der Waals surface area contributed by atoms with Gasteiger partial charge in [0.15, 0.2) is 5.82 Å². The van der Waals surface area contributed by atoms with Crippen molar-refractivity contribution in [1.29, 1.82) is 0 Å². The zero-order chi connectivity index (χ0) is 22.8. The third-order valence-corrected chi connectivity index (χ3v) is 6.23. The van der Waals surface area contributed by atoms with E-state index >= 15 is 0 Å². The van der Waals surface area contributed by atoms with Crippen molar-refractivity contribution in [3.8, 4) is 11.3 Å². The average molecular weight is 464 g/mol. The number of carbonyl (C=O) groups is 1. The van der Waals surface area contributed by atoms with E-state index in [4.69, 9.17) is 11.6 Å². The summed E-state index contributed by atoms with van der Waals surface area (Å²) in [5, 5.41) is 8.23. The topological polar surface area (TPSA) is 62.5 Å². The third kappa shape index (κ3) is 4.54. The van der Waals surface area contributed by atoms with Crippen LogP contribution in [0.3, 0.4) is 0 Å². The Morgan fingerprint density at radius 1 is 1.18 bits per heavy atom. The summed E-state index contributed by atoms with van der Waals surface area (Å²) in [6, 6.07) is 16.1. The van der Waals surface area contributed by atoms with Crippen LogP contribution in [0.25, 0.3) is 16.8 Å². The maximum absolute atomic E-state index is 13.9. The lowest BCUT2D eigenvalue weighted by molar-refractivity contribution is -0.125. The Morgan fingerprint density at radius 2 is 2.06 bits per heavy atom. The summed E-state index contributed by atoms with van der Waals surface area (Å²) >= 11 is 6.15. The number of amides is 1. The number of nitrogens with zero attached hydrogens (tertiary/aromatic N) is 4. The molecular formula is C25H23ClFN5O. The summed E-state index contributed by atoms with van der Waals surface area (Å²) in [7, 11) is 0. The zero-order valence-electron chi connectivity index (χ0n) is 17.9. The quantitative estimate of drug-likeness (QED) is 0.465. The molecule has 0 bridgehead atoms. The fourth-order valence-corrected chi connectivity index (χ4v) is 4.48. The Labute approximate surface area is 196 Å². The van der Waals surface area contributed by atoms with E-state index in [9.17, 15) is 9.18 Å². The van der Waals surface area contributed by atoms with Gasteiger partial charge in [-0.15, -0.1) is 0 Å². The lowest BCUT2D eigenvalue weighted by Gasteiger charge is -2.33. The molecule has 0 radical (unpaired) electrons. The molecule has 1 saturated heterocycles. The van der Waals surface area contributed by atoms with Crippen molar-refractivity contribution < 1.29 is 9.18 Å². The van der Waals surface area contributed by atoms with Crippen molar-refractivity contribution in [3.63, 3.8) is 0 Å². The van der Waals surface area contributed by atoms with Gasteiger partial charge in [-0.1, -0.05) is 41.9 Å². The van der Waals surface area contributed by atoms with Crippen LogP contribution in [0.2, 0.25) is 5.02 Å². The molecule has 6 nitrogen and oxygen atoms in total. The second-order valence-electron chi connectivity index (χ2n) is 8.21. The molecule has 2 aromatic heterocycles. The van der Waals surface area contributed by atoms with Crippen molar-refractivity contribution in [2.45, 2.75) is 19.4 Å². The molecule has 3 heterocycles. The van der Waals surface area contributed by atoms with Crippen LogP contribution < -0.4 is 10.2 Å². The fourth-order valence-electron chi connectivity index (χ4n) is 4.29. The van der Waals surface area contributed by atoms with Crippen molar-refractivity contribution in [2.75, 3.05) is 18.0 Å². The van der Waals surface area contributed by atoms with Gasteiger partial charge >= 0.3 is 0 Å². The number of hydrogen-bond acceptors (Lipinski definition) is 4. The summed E-state index contributed by atoms with van der Waals surface area (Å²) in [5.74, 6) is 0.228. The number of benzene rings is 2. The molecule has 1 aliphatic rings. The molecule has 33 heavy (non-hydrogen) atoms. The van der Waals surface area contributed by atoms with Crippen LogP contribution in [0, 0.1) is 11.7 Å². The molecule has 0 spiro atoms. The van der Waals surface area contributed by atoms with Gasteiger partial charge in [0.25, 0.3) is 0 Å². The predicted octanol–water partition coefficient (Wildman–Crippen LogP) is 4.72. The van der Waals surface area contributed by atoms with Crippen LogP contribution in [0.5, 0.6) is 0 Å². The van der Waals surface area contributed by atoms with E-state index in [0.29, 0.717) is 17.1 Å². The minimum Gasteiger partial charge on any atom is -0.354 e. The summed E-state index contributed by atoms with van der Waals surface area (Å²) in [6.07, 6.45) is 5.19. The van der Waals surface area contributed by atoms with Crippen LogP contribution in [0.4, 0.5) is 10.2 Å². The van der Waals surface area contributed by atoms with E-state index in [0.717, 1.165) is 42.0 Å². The number of carbonyl (C=O) groups excluding carboxylic acids is 1. The lowest BCUT2D eigenvalue weighted by atomic mass is 9.97. The van der Waals surface area contributed by atoms with Gasteiger partial charge in [-0.2, -0.15) is 5.10 Å². The first kappa shape index (κ1) is 21.4. The van der Waals surface area contributed by atoms with E-state index < -0.39 is 0 Å². The van der Waals surface area contributed by atoms with Gasteiger partial charge in [0.2, 0.25) is 5.91 Å². The van der Waals surface area contributed by atoms with Crippen LogP contribution in [-0.4, -0.2) is 33.6 Å². The van der Waals surface area contributed by atoms with Crippen LogP contribution >= 0.6 is 11.6 Å². The van der Waals surface area contributed by atoms with E-state index in [2.05, 4.69) is 20.3 Å². The van der Waals surface area contributed by atoms with Gasteiger partial charge in [-0.3, -0.25) is 4.79 Å². The molecule has 1 fully saturated rings. The minimum atomic E-state index is -0.310. The Bertz CT molecular complexity index is 1310. The maximum Gasteiger partial charge on any atom is 0.225 e. The van der Waals surface area contributed by atoms with Gasteiger partial charge in [0.05, 0.1) is 11.6 Å². The number of rotatable bonds is 5. The zero-order valence-corrected chi connectivity index (χ0v) is 18.7. The van der Waals surface area contributed by atoms with E-state index in [1.54, 1.807) is 28.9 Å². The Morgan fingerprint density at radius 3 is 2.91 bits per heavy atom. The molecular weight excluding hydrogens is 441 g/mol. The summed E-state index contributed by atoms with van der Waals surface area (Å²) in [4.78, 5) is 19.6. The molecule has 168 valence electrons. The van der Waals surface area contributed by atoms with Gasteiger partial charge in [0.1, 0.15) is 11.3 Å². The number of nitrogens with one attached hydrogen (secondary N) is 1. The number of piperidine rings is 1. The number of anilines is 1. The number of halogens is 2. The number of hydrogen-bond donors (Lipinski definition) is 1. The molecule has 2 aromatic carbocycles. The fraction of sp³-hybridized carbons (Fsp3) is 0.240. The van der Waals surface area contributed by atoms with Crippen molar-refractivity contribution in [2.24, 2.45) is 5.92 Å². The first-order chi connectivity index (χ1) is 16.1. The molecule has 0 saturated carbocycles. The second kappa shape index (κ2) is 9.19. The molecule has 0 aliphatic carbocycles. The highest BCUT2D eigenvalue weighted by Crippen LogP contribution is 2.29. The molecule has 8 heteroatoms. The molecule has 5 rings (SSSR count). The lowest BCUT2D eigenvalue weighted by Crippen LogP contribution is -2.43. The van der Waals surface area contributed by atoms with Crippen LogP contribution in [0.1, 0.15) is 18.4 Å². The maximum atomic E-state index is 13.9. The van der Waals surface area contributed by atoms with Crippen LogP contribution in [0.15, 0.2) is 67.0 Å². The number of fused-ring (bicyclic) bond motifs is 1. The molecule has 1 atom stereocenters. The summed E-state index contributed by atoms with van der Waals surface area (Å²) < 4.78 is 15.7. The van der Waals surface area contributed by atoms with E-state index in [1.165, 1.54) is 6.07 Å². The van der Waals surface area contributed by atoms with Crippen molar-refractivity contribution >= 4 is 28.8 Å². The monoisotopic (exact) mass is 463 g/mol. The van der Waals surface area contributed by atoms with E-state index in [-0.39, 0.29) is 24.2 Å². The van der Waals surface area contributed by atoms with Crippen LogP contribution in [-0.2, 0) is 11.3 Å². The average Bonchev–Trinajstić information content (AvgIpc) is 3.28. The number of aromatic nitrogens is 3. The highest BCUT2D eigenvalue weighted by molar-refractivity contribution is 6.30. The third-order valence-electron chi connectivity index (χ3n) is 5.99. The van der Waals surface area contributed by atoms with Gasteiger partial charge in [0, 0.05) is 48.2 Å². The first-order valence-corrected chi connectivity index (χ1v) is 11.3. The molecule has 1 N–H and O–H groups in total. The van der Waals surface area contributed by atoms with E-state index in [1.807, 2.05) is 36.5 Å². The molecule has 4 aromatic rings. The SMILES string of the molecule is O=C(NCc1ccccc1F)[C@@H]1CCCN(c2nccn3nc(-c4cccc(Cl)c4)cc23)C1.